The van der Waals surface area contributed by atoms with Gasteiger partial charge in [0.15, 0.2) is 5.82 Å². The van der Waals surface area contributed by atoms with Crippen LogP contribution < -0.4 is 10.1 Å². The molecule has 112 valence electrons. The van der Waals surface area contributed by atoms with Crippen LogP contribution in [0.5, 0.6) is 5.75 Å². The van der Waals surface area contributed by atoms with Crippen molar-refractivity contribution >= 4 is 5.69 Å². The molecule has 0 bridgehead atoms. The van der Waals surface area contributed by atoms with Gasteiger partial charge >= 0.3 is 0 Å². The largest absolute Gasteiger partial charge is 0.497 e. The van der Waals surface area contributed by atoms with Crippen molar-refractivity contribution in [2.45, 2.75) is 6.54 Å². The Balaban J connectivity index is 1.69. The van der Waals surface area contributed by atoms with Crippen molar-refractivity contribution in [3.05, 3.63) is 60.2 Å². The molecule has 0 saturated carbocycles. The predicted octanol–water partition coefficient (Wildman–Crippen LogP) is 3.23. The van der Waals surface area contributed by atoms with E-state index in [1.54, 1.807) is 19.2 Å². The molecule has 0 spiro atoms. The molecule has 2 aromatic carbocycles. The minimum atomic E-state index is -0.259. The van der Waals surface area contributed by atoms with Crippen molar-refractivity contribution in [3.63, 3.8) is 0 Å². The minimum absolute atomic E-state index is 0.259. The second kappa shape index (κ2) is 6.26. The highest BCUT2D eigenvalue weighted by molar-refractivity contribution is 5.57. The lowest BCUT2D eigenvalue weighted by Crippen LogP contribution is -2.01. The number of halogens is 1. The molecule has 3 aromatic rings. The molecule has 2 N–H and O–H groups in total. The molecule has 5 nitrogen and oxygen atoms in total. The maximum atomic E-state index is 12.8. The number of anilines is 1. The fourth-order valence-corrected chi connectivity index (χ4v) is 2.02. The average molecular weight is 298 g/mol. The molecule has 0 aliphatic rings. The van der Waals surface area contributed by atoms with Gasteiger partial charge in [0.1, 0.15) is 17.4 Å². The summed E-state index contributed by atoms with van der Waals surface area (Å²) in [5.74, 6) is 1.80. The SMILES string of the molecule is COc1cccc(-c2n[nH]c(CNc3ccc(F)cc3)n2)c1. The van der Waals surface area contributed by atoms with Gasteiger partial charge in [0.05, 0.1) is 13.7 Å². The molecule has 3 rings (SSSR count). The van der Waals surface area contributed by atoms with Gasteiger partial charge < -0.3 is 10.1 Å². The molecule has 0 amide bonds. The van der Waals surface area contributed by atoms with E-state index in [9.17, 15) is 4.39 Å². The van der Waals surface area contributed by atoms with Crippen LogP contribution in [0.15, 0.2) is 48.5 Å². The number of hydrogen-bond donors (Lipinski definition) is 2. The first-order chi connectivity index (χ1) is 10.7. The lowest BCUT2D eigenvalue weighted by Gasteiger charge is -2.03. The monoisotopic (exact) mass is 298 g/mol. The van der Waals surface area contributed by atoms with E-state index >= 15 is 0 Å². The molecule has 0 atom stereocenters. The van der Waals surface area contributed by atoms with Crippen molar-refractivity contribution in [2.24, 2.45) is 0 Å². The Kier molecular flexibility index (Phi) is 4.00. The van der Waals surface area contributed by atoms with Gasteiger partial charge in [0, 0.05) is 11.3 Å². The van der Waals surface area contributed by atoms with Crippen LogP contribution in [-0.2, 0) is 6.54 Å². The summed E-state index contributed by atoms with van der Waals surface area (Å²) in [4.78, 5) is 4.43. The lowest BCUT2D eigenvalue weighted by molar-refractivity contribution is 0.415. The second-order valence-corrected chi connectivity index (χ2v) is 4.70. The third kappa shape index (κ3) is 3.22. The number of rotatable bonds is 5. The van der Waals surface area contributed by atoms with Gasteiger partial charge in [-0.2, -0.15) is 5.10 Å². The smallest absolute Gasteiger partial charge is 0.181 e. The van der Waals surface area contributed by atoms with Crippen LogP contribution >= 0.6 is 0 Å². The number of nitrogens with zero attached hydrogens (tertiary/aromatic N) is 2. The third-order valence-corrected chi connectivity index (χ3v) is 3.16. The van der Waals surface area contributed by atoms with Crippen LogP contribution in [0.25, 0.3) is 11.4 Å². The fraction of sp³-hybridized carbons (Fsp3) is 0.125. The Labute approximate surface area is 127 Å². The van der Waals surface area contributed by atoms with Gasteiger partial charge in [-0.1, -0.05) is 12.1 Å². The van der Waals surface area contributed by atoms with E-state index in [0.29, 0.717) is 18.2 Å². The van der Waals surface area contributed by atoms with Crippen LogP contribution in [0.3, 0.4) is 0 Å². The van der Waals surface area contributed by atoms with E-state index < -0.39 is 0 Å². The average Bonchev–Trinajstić information content (AvgIpc) is 3.03. The van der Waals surface area contributed by atoms with E-state index in [0.717, 1.165) is 17.0 Å². The predicted molar refractivity (Wildman–Crippen MR) is 82.1 cm³/mol. The maximum Gasteiger partial charge on any atom is 0.181 e. The third-order valence-electron chi connectivity index (χ3n) is 3.16. The van der Waals surface area contributed by atoms with Crippen LogP contribution in [-0.4, -0.2) is 22.3 Å². The van der Waals surface area contributed by atoms with Gasteiger partial charge in [-0.25, -0.2) is 9.37 Å². The molecular formula is C16H15FN4O. The van der Waals surface area contributed by atoms with E-state index in [4.69, 9.17) is 4.74 Å². The van der Waals surface area contributed by atoms with E-state index in [1.807, 2.05) is 24.3 Å². The van der Waals surface area contributed by atoms with Gasteiger partial charge in [-0.3, -0.25) is 5.10 Å². The number of aromatic nitrogens is 3. The number of hydrogen-bond acceptors (Lipinski definition) is 4. The van der Waals surface area contributed by atoms with Crippen LogP contribution in [0.1, 0.15) is 5.82 Å². The summed E-state index contributed by atoms with van der Waals surface area (Å²) in [6.45, 7) is 0.475. The lowest BCUT2D eigenvalue weighted by atomic mass is 10.2. The van der Waals surface area contributed by atoms with Crippen molar-refractivity contribution < 1.29 is 9.13 Å². The molecule has 0 aliphatic heterocycles. The van der Waals surface area contributed by atoms with Gasteiger partial charge in [0.25, 0.3) is 0 Å². The van der Waals surface area contributed by atoms with Gasteiger partial charge in [-0.15, -0.1) is 0 Å². The first kappa shape index (κ1) is 14.1. The Morgan fingerprint density at radius 2 is 2.00 bits per heavy atom. The summed E-state index contributed by atoms with van der Waals surface area (Å²) >= 11 is 0. The Morgan fingerprint density at radius 3 is 2.77 bits per heavy atom. The summed E-state index contributed by atoms with van der Waals surface area (Å²) in [5.41, 5.74) is 1.70. The maximum absolute atomic E-state index is 12.8. The number of benzene rings is 2. The van der Waals surface area contributed by atoms with Crippen molar-refractivity contribution in [3.8, 4) is 17.1 Å². The highest BCUT2D eigenvalue weighted by Crippen LogP contribution is 2.20. The zero-order chi connectivity index (χ0) is 15.4. The first-order valence-electron chi connectivity index (χ1n) is 6.80. The summed E-state index contributed by atoms with van der Waals surface area (Å²) in [7, 11) is 1.62. The molecule has 0 radical (unpaired) electrons. The molecule has 0 fully saturated rings. The minimum Gasteiger partial charge on any atom is -0.497 e. The number of ether oxygens (including phenoxy) is 1. The van der Waals surface area contributed by atoms with E-state index in [-0.39, 0.29) is 5.82 Å². The van der Waals surface area contributed by atoms with Crippen LogP contribution in [0, 0.1) is 5.82 Å². The van der Waals surface area contributed by atoms with Crippen molar-refractivity contribution in [2.75, 3.05) is 12.4 Å². The summed E-state index contributed by atoms with van der Waals surface area (Å²) in [6, 6.07) is 13.7. The Morgan fingerprint density at radius 1 is 1.18 bits per heavy atom. The molecule has 1 heterocycles. The van der Waals surface area contributed by atoms with Crippen LogP contribution in [0.2, 0.25) is 0 Å². The number of H-pyrrole nitrogens is 1. The normalized spacial score (nSPS) is 10.5. The molecular weight excluding hydrogens is 283 g/mol. The van der Waals surface area contributed by atoms with Crippen LogP contribution in [0.4, 0.5) is 10.1 Å². The summed E-state index contributed by atoms with van der Waals surface area (Å²) < 4.78 is 18.0. The number of aromatic amines is 1. The molecule has 0 aliphatic carbocycles. The zero-order valence-electron chi connectivity index (χ0n) is 12.0. The number of methoxy groups -OCH3 is 1. The van der Waals surface area contributed by atoms with E-state index in [2.05, 4.69) is 20.5 Å². The standard InChI is InChI=1S/C16H15FN4O/c1-22-14-4-2-3-11(9-14)16-19-15(20-21-16)10-18-13-7-5-12(17)6-8-13/h2-9,18H,10H2,1H3,(H,19,20,21). The van der Waals surface area contributed by atoms with Gasteiger partial charge in [0.2, 0.25) is 0 Å². The zero-order valence-corrected chi connectivity index (χ0v) is 12.0. The van der Waals surface area contributed by atoms with E-state index in [1.165, 1.54) is 12.1 Å². The summed E-state index contributed by atoms with van der Waals surface area (Å²) in [6.07, 6.45) is 0. The van der Waals surface area contributed by atoms with Gasteiger partial charge in [-0.05, 0) is 36.4 Å². The van der Waals surface area contributed by atoms with Crippen molar-refractivity contribution in [1.29, 1.82) is 0 Å². The Hall–Kier alpha value is -2.89. The molecule has 0 unspecified atom stereocenters. The molecule has 6 heteroatoms. The van der Waals surface area contributed by atoms with Crippen molar-refractivity contribution in [1.82, 2.24) is 15.2 Å². The first-order valence-corrected chi connectivity index (χ1v) is 6.80. The quantitative estimate of drug-likeness (QED) is 0.759. The second-order valence-electron chi connectivity index (χ2n) is 4.70. The topological polar surface area (TPSA) is 62.8 Å². The fourth-order valence-electron chi connectivity index (χ4n) is 2.02. The highest BCUT2D eigenvalue weighted by Gasteiger charge is 2.07. The molecule has 1 aromatic heterocycles. The summed E-state index contributed by atoms with van der Waals surface area (Å²) in [5, 5.41) is 10.2. The Bertz CT molecular complexity index is 755. The number of nitrogens with one attached hydrogen (secondary N) is 2. The highest BCUT2D eigenvalue weighted by atomic mass is 19.1. The molecule has 22 heavy (non-hydrogen) atoms. The molecule has 0 saturated heterocycles.